The summed E-state index contributed by atoms with van der Waals surface area (Å²) in [6.07, 6.45) is 1.29. The fraction of sp³-hybridized carbons (Fsp3) is 0.667. The molecular formula is C9H15Cl2N3O2S. The Morgan fingerprint density at radius 3 is 2.53 bits per heavy atom. The van der Waals surface area contributed by atoms with E-state index >= 15 is 0 Å². The highest BCUT2D eigenvalue weighted by Gasteiger charge is 2.23. The highest BCUT2D eigenvalue weighted by Crippen LogP contribution is 2.19. The van der Waals surface area contributed by atoms with Gasteiger partial charge in [0.05, 0.1) is 11.2 Å². The summed E-state index contributed by atoms with van der Waals surface area (Å²) in [6.45, 7) is 4.00. The lowest BCUT2D eigenvalue weighted by molar-refractivity contribution is 0.545. The van der Waals surface area contributed by atoms with E-state index in [-0.39, 0.29) is 27.9 Å². The summed E-state index contributed by atoms with van der Waals surface area (Å²) in [7, 11) is -2.16. The van der Waals surface area contributed by atoms with Gasteiger partial charge in [-0.3, -0.25) is 4.68 Å². The molecule has 0 fully saturated rings. The van der Waals surface area contributed by atoms with Crippen LogP contribution in [0.5, 0.6) is 0 Å². The van der Waals surface area contributed by atoms with Gasteiger partial charge in [0.25, 0.3) is 10.0 Å². The number of alkyl halides is 1. The van der Waals surface area contributed by atoms with E-state index in [2.05, 4.69) is 9.82 Å². The topological polar surface area (TPSA) is 64.0 Å². The maximum Gasteiger partial charge on any atom is 0.259 e. The summed E-state index contributed by atoms with van der Waals surface area (Å²) in [5, 5.41) is 3.55. The van der Waals surface area contributed by atoms with Crippen molar-refractivity contribution in [2.24, 2.45) is 13.0 Å². The molecule has 0 aliphatic rings. The summed E-state index contributed by atoms with van der Waals surface area (Å²) in [4.78, 5) is 0. The molecule has 0 radical (unpaired) electrons. The van der Waals surface area contributed by atoms with Crippen LogP contribution in [0.2, 0.25) is 5.02 Å². The van der Waals surface area contributed by atoms with Crippen molar-refractivity contribution in [3.05, 3.63) is 11.2 Å². The number of nitrogens with zero attached hydrogens (tertiary/aromatic N) is 2. The Balaban J connectivity index is 2.84. The number of aryl methyl sites for hydroxylation is 1. The molecule has 0 saturated carbocycles. The Bertz CT molecular complexity index is 465. The van der Waals surface area contributed by atoms with Crippen molar-refractivity contribution in [3.63, 3.8) is 0 Å². The zero-order valence-electron chi connectivity index (χ0n) is 9.81. The van der Waals surface area contributed by atoms with Crippen LogP contribution in [0.15, 0.2) is 11.2 Å². The summed E-state index contributed by atoms with van der Waals surface area (Å²) in [6, 6.07) is 0. The van der Waals surface area contributed by atoms with Gasteiger partial charge in [0.2, 0.25) is 0 Å². The van der Waals surface area contributed by atoms with Crippen molar-refractivity contribution in [1.29, 1.82) is 0 Å². The van der Waals surface area contributed by atoms with Crippen LogP contribution in [0.3, 0.4) is 0 Å². The van der Waals surface area contributed by atoms with E-state index in [1.54, 1.807) is 0 Å². The van der Waals surface area contributed by atoms with E-state index in [0.717, 1.165) is 0 Å². The van der Waals surface area contributed by atoms with Gasteiger partial charge in [-0.2, -0.15) is 5.10 Å². The minimum absolute atomic E-state index is 0.0493. The van der Waals surface area contributed by atoms with Gasteiger partial charge in [0, 0.05) is 19.0 Å². The van der Waals surface area contributed by atoms with Crippen LogP contribution in [0.1, 0.15) is 13.8 Å². The van der Waals surface area contributed by atoms with E-state index in [0.29, 0.717) is 0 Å². The third-order valence-electron chi connectivity index (χ3n) is 2.29. The molecule has 0 spiro atoms. The van der Waals surface area contributed by atoms with Crippen molar-refractivity contribution in [1.82, 2.24) is 14.5 Å². The van der Waals surface area contributed by atoms with E-state index in [9.17, 15) is 8.42 Å². The average molecular weight is 300 g/mol. The zero-order chi connectivity index (χ0) is 13.2. The van der Waals surface area contributed by atoms with Gasteiger partial charge in [-0.05, 0) is 5.92 Å². The van der Waals surface area contributed by atoms with Gasteiger partial charge in [0.1, 0.15) is 0 Å². The molecule has 98 valence electrons. The van der Waals surface area contributed by atoms with Crippen molar-refractivity contribution >= 4 is 33.2 Å². The number of nitrogens with one attached hydrogen (secondary N) is 1. The second kappa shape index (κ2) is 5.56. The molecule has 1 unspecified atom stereocenters. The molecule has 8 heteroatoms. The van der Waals surface area contributed by atoms with Crippen molar-refractivity contribution in [3.8, 4) is 0 Å². The van der Waals surface area contributed by atoms with Gasteiger partial charge >= 0.3 is 0 Å². The average Bonchev–Trinajstić information content (AvgIpc) is 2.55. The van der Waals surface area contributed by atoms with E-state index in [1.165, 1.54) is 17.9 Å². The highest BCUT2D eigenvalue weighted by molar-refractivity contribution is 7.89. The van der Waals surface area contributed by atoms with Gasteiger partial charge < -0.3 is 0 Å². The summed E-state index contributed by atoms with van der Waals surface area (Å²) in [5.41, 5.74) is 0. The SMILES string of the molecule is CC(C)C(Cl)CNS(=O)(=O)c1c(Cl)cnn1C. The lowest BCUT2D eigenvalue weighted by atomic mass is 10.1. The molecule has 0 aliphatic heterocycles. The van der Waals surface area contributed by atoms with Gasteiger partial charge in [-0.25, -0.2) is 13.1 Å². The predicted molar refractivity (Wildman–Crippen MR) is 67.9 cm³/mol. The third kappa shape index (κ3) is 3.58. The first-order valence-corrected chi connectivity index (χ1v) is 7.36. The zero-order valence-corrected chi connectivity index (χ0v) is 12.1. The minimum Gasteiger partial charge on any atom is -0.255 e. The molecule has 0 aliphatic carbocycles. The number of rotatable bonds is 5. The van der Waals surface area contributed by atoms with Gasteiger partial charge in [-0.1, -0.05) is 25.4 Å². The molecule has 1 aromatic heterocycles. The third-order valence-corrected chi connectivity index (χ3v) is 4.88. The Kier molecular flexibility index (Phi) is 4.83. The van der Waals surface area contributed by atoms with Gasteiger partial charge in [0.15, 0.2) is 5.03 Å². The molecule has 0 saturated heterocycles. The van der Waals surface area contributed by atoms with Crippen LogP contribution in [0.25, 0.3) is 0 Å². The van der Waals surface area contributed by atoms with Crippen LogP contribution >= 0.6 is 23.2 Å². The van der Waals surface area contributed by atoms with Crippen LogP contribution in [-0.2, 0) is 17.1 Å². The highest BCUT2D eigenvalue weighted by atomic mass is 35.5. The Labute approximate surface area is 111 Å². The summed E-state index contributed by atoms with van der Waals surface area (Å²) in [5.74, 6) is 0.182. The van der Waals surface area contributed by atoms with Crippen molar-refractivity contribution < 1.29 is 8.42 Å². The summed E-state index contributed by atoms with van der Waals surface area (Å²) >= 11 is 11.8. The fourth-order valence-electron chi connectivity index (χ4n) is 1.20. The smallest absolute Gasteiger partial charge is 0.255 e. The number of hydrogen-bond donors (Lipinski definition) is 1. The maximum absolute atomic E-state index is 11.9. The molecule has 1 rings (SSSR count). The standard InChI is InChI=1S/C9H15Cl2N3O2S/c1-6(2)7(10)5-13-17(15,16)9-8(11)4-12-14(9)3/h4,6-7,13H,5H2,1-3H3. The second-order valence-corrected chi connectivity index (χ2v) is 6.68. The number of sulfonamides is 1. The molecule has 0 aromatic carbocycles. The molecule has 17 heavy (non-hydrogen) atoms. The molecule has 5 nitrogen and oxygen atoms in total. The van der Waals surface area contributed by atoms with Gasteiger partial charge in [-0.15, -0.1) is 11.6 Å². The minimum atomic E-state index is -3.67. The van der Waals surface area contributed by atoms with E-state index in [1.807, 2.05) is 13.8 Å². The number of halogens is 2. The lowest BCUT2D eigenvalue weighted by Gasteiger charge is -2.14. The largest absolute Gasteiger partial charge is 0.259 e. The van der Waals surface area contributed by atoms with E-state index < -0.39 is 10.0 Å². The van der Waals surface area contributed by atoms with Crippen molar-refractivity contribution in [2.75, 3.05) is 6.54 Å². The molecule has 1 aromatic rings. The van der Waals surface area contributed by atoms with Crippen LogP contribution < -0.4 is 4.72 Å². The fourth-order valence-corrected chi connectivity index (χ4v) is 3.07. The molecule has 1 heterocycles. The van der Waals surface area contributed by atoms with Crippen LogP contribution in [-0.4, -0.2) is 30.1 Å². The van der Waals surface area contributed by atoms with Crippen LogP contribution in [0.4, 0.5) is 0 Å². The first-order valence-electron chi connectivity index (χ1n) is 5.07. The van der Waals surface area contributed by atoms with Crippen LogP contribution in [0, 0.1) is 5.92 Å². The molecule has 1 N–H and O–H groups in total. The molecule has 1 atom stereocenters. The Hall–Kier alpha value is -0.300. The predicted octanol–water partition coefficient (Wildman–Crippen LogP) is 1.62. The molecular weight excluding hydrogens is 285 g/mol. The summed E-state index contributed by atoms with van der Waals surface area (Å²) < 4.78 is 27.5. The second-order valence-electron chi connectivity index (χ2n) is 4.03. The molecule has 0 amide bonds. The lowest BCUT2D eigenvalue weighted by Crippen LogP contribution is -2.33. The quantitative estimate of drug-likeness (QED) is 0.840. The Morgan fingerprint density at radius 1 is 1.53 bits per heavy atom. The monoisotopic (exact) mass is 299 g/mol. The number of hydrogen-bond acceptors (Lipinski definition) is 3. The first-order chi connectivity index (χ1) is 7.75. The first kappa shape index (κ1) is 14.8. The Morgan fingerprint density at radius 2 is 2.12 bits per heavy atom. The van der Waals surface area contributed by atoms with Crippen molar-refractivity contribution in [2.45, 2.75) is 24.3 Å². The number of aromatic nitrogens is 2. The normalized spacial score (nSPS) is 14.2. The van der Waals surface area contributed by atoms with E-state index in [4.69, 9.17) is 23.2 Å². The maximum atomic E-state index is 11.9. The molecule has 0 bridgehead atoms.